The maximum absolute atomic E-state index is 8.99. The first-order valence-corrected chi connectivity index (χ1v) is 7.11. The standard InChI is InChI=1S/C15H23BN2O3/c1-14(2)15(3,4)21-16(20-14)8-7-11-5-6-13(18-9-11)12(17)10-19/h5-9,12,19H,10,17H2,1-4H3/b8-7+/t12-/m0/s1. The lowest BCUT2D eigenvalue weighted by Gasteiger charge is -2.32. The summed E-state index contributed by atoms with van der Waals surface area (Å²) in [5, 5.41) is 8.99. The molecular formula is C15H23BN2O3. The van der Waals surface area contributed by atoms with Crippen molar-refractivity contribution in [3.63, 3.8) is 0 Å². The lowest BCUT2D eigenvalue weighted by Crippen LogP contribution is -2.41. The molecule has 0 spiro atoms. The number of nitrogens with two attached hydrogens (primary N) is 1. The lowest BCUT2D eigenvalue weighted by atomic mass is 9.89. The van der Waals surface area contributed by atoms with Gasteiger partial charge in [-0.25, -0.2) is 0 Å². The van der Waals surface area contributed by atoms with E-state index in [1.165, 1.54) is 0 Å². The summed E-state index contributed by atoms with van der Waals surface area (Å²) in [6, 6.07) is 3.27. The van der Waals surface area contributed by atoms with E-state index in [2.05, 4.69) is 4.98 Å². The largest absolute Gasteiger partial charge is 0.487 e. The van der Waals surface area contributed by atoms with Gasteiger partial charge >= 0.3 is 7.12 Å². The molecule has 1 aliphatic rings. The summed E-state index contributed by atoms with van der Waals surface area (Å²) in [6.07, 6.45) is 3.62. The molecule has 0 aliphatic carbocycles. The van der Waals surface area contributed by atoms with E-state index in [4.69, 9.17) is 20.1 Å². The number of aliphatic hydroxyl groups is 1. The van der Waals surface area contributed by atoms with E-state index in [1.807, 2.05) is 51.9 Å². The van der Waals surface area contributed by atoms with Crippen molar-refractivity contribution < 1.29 is 14.4 Å². The molecule has 21 heavy (non-hydrogen) atoms. The maximum Gasteiger partial charge on any atom is 0.487 e. The van der Waals surface area contributed by atoms with E-state index in [-0.39, 0.29) is 24.9 Å². The topological polar surface area (TPSA) is 77.6 Å². The minimum absolute atomic E-state index is 0.115. The van der Waals surface area contributed by atoms with Crippen molar-refractivity contribution in [3.8, 4) is 0 Å². The average molecular weight is 290 g/mol. The number of hydrogen-bond donors (Lipinski definition) is 2. The van der Waals surface area contributed by atoms with E-state index in [9.17, 15) is 0 Å². The molecule has 5 nitrogen and oxygen atoms in total. The first-order chi connectivity index (χ1) is 9.75. The molecule has 114 valence electrons. The van der Waals surface area contributed by atoms with Crippen LogP contribution < -0.4 is 5.73 Å². The van der Waals surface area contributed by atoms with Crippen molar-refractivity contribution >= 4 is 13.2 Å². The van der Waals surface area contributed by atoms with Crippen LogP contribution in [0.25, 0.3) is 6.08 Å². The van der Waals surface area contributed by atoms with Crippen LogP contribution in [0.1, 0.15) is 45.0 Å². The van der Waals surface area contributed by atoms with E-state index >= 15 is 0 Å². The number of aliphatic hydroxyl groups excluding tert-OH is 1. The lowest BCUT2D eigenvalue weighted by molar-refractivity contribution is 0.00578. The first kappa shape index (κ1) is 16.2. The van der Waals surface area contributed by atoms with Gasteiger partial charge in [-0.15, -0.1) is 0 Å². The third-order valence-electron chi connectivity index (χ3n) is 4.10. The van der Waals surface area contributed by atoms with Crippen molar-refractivity contribution in [3.05, 3.63) is 35.6 Å². The number of pyridine rings is 1. The van der Waals surface area contributed by atoms with Gasteiger partial charge in [-0.3, -0.25) is 4.98 Å². The smallest absolute Gasteiger partial charge is 0.400 e. The zero-order valence-corrected chi connectivity index (χ0v) is 13.0. The number of nitrogens with zero attached hydrogens (tertiary/aromatic N) is 1. The zero-order chi connectivity index (χ0) is 15.7. The van der Waals surface area contributed by atoms with Gasteiger partial charge in [-0.2, -0.15) is 0 Å². The Balaban J connectivity index is 2.03. The second-order valence-electron chi connectivity index (χ2n) is 6.29. The minimum Gasteiger partial charge on any atom is -0.400 e. The van der Waals surface area contributed by atoms with Crippen molar-refractivity contribution in [2.45, 2.75) is 44.9 Å². The molecule has 1 saturated heterocycles. The SMILES string of the molecule is CC1(C)OB(/C=C/c2ccc([C@@H](N)CO)nc2)OC1(C)C. The normalized spacial score (nSPS) is 21.9. The predicted octanol–water partition coefficient (Wildman–Crippen LogP) is 1.72. The third kappa shape index (κ3) is 3.52. The van der Waals surface area contributed by atoms with Gasteiger partial charge in [-0.1, -0.05) is 18.1 Å². The van der Waals surface area contributed by atoms with Crippen LogP contribution in [0.2, 0.25) is 0 Å². The van der Waals surface area contributed by atoms with Crippen LogP contribution in [-0.2, 0) is 9.31 Å². The first-order valence-electron chi connectivity index (χ1n) is 7.11. The summed E-state index contributed by atoms with van der Waals surface area (Å²) in [6.45, 7) is 7.97. The molecule has 0 unspecified atom stereocenters. The van der Waals surface area contributed by atoms with Gasteiger partial charge in [0.15, 0.2) is 0 Å². The number of rotatable bonds is 4. The summed E-state index contributed by atoms with van der Waals surface area (Å²) in [5.74, 6) is 1.87. The summed E-state index contributed by atoms with van der Waals surface area (Å²) in [5.41, 5.74) is 6.64. The molecule has 0 radical (unpaired) electrons. The molecule has 2 heterocycles. The van der Waals surface area contributed by atoms with E-state index in [1.54, 1.807) is 6.20 Å². The molecule has 0 bridgehead atoms. The second kappa shape index (κ2) is 5.89. The van der Waals surface area contributed by atoms with Crippen LogP contribution in [0.5, 0.6) is 0 Å². The molecule has 0 saturated carbocycles. The fraction of sp³-hybridized carbons (Fsp3) is 0.533. The Labute approximate surface area is 126 Å². The monoisotopic (exact) mass is 290 g/mol. The second-order valence-corrected chi connectivity index (χ2v) is 6.29. The van der Waals surface area contributed by atoms with Crippen molar-refractivity contribution in [2.24, 2.45) is 5.73 Å². The van der Waals surface area contributed by atoms with Crippen LogP contribution in [0.3, 0.4) is 0 Å². The molecule has 1 aromatic heterocycles. The molecule has 6 heteroatoms. The van der Waals surface area contributed by atoms with Crippen LogP contribution in [-0.4, -0.2) is 35.0 Å². The number of hydrogen-bond acceptors (Lipinski definition) is 5. The Morgan fingerprint density at radius 2 is 1.90 bits per heavy atom. The van der Waals surface area contributed by atoms with E-state index in [0.717, 1.165) is 5.56 Å². The third-order valence-corrected chi connectivity index (χ3v) is 4.10. The highest BCUT2D eigenvalue weighted by Crippen LogP contribution is 2.36. The summed E-state index contributed by atoms with van der Waals surface area (Å²) in [4.78, 5) is 4.23. The Hall–Kier alpha value is -1.21. The van der Waals surface area contributed by atoms with Crippen LogP contribution in [0.4, 0.5) is 0 Å². The summed E-state index contributed by atoms with van der Waals surface area (Å²) >= 11 is 0. The van der Waals surface area contributed by atoms with Crippen molar-refractivity contribution in [1.82, 2.24) is 4.98 Å². The number of aromatic nitrogens is 1. The van der Waals surface area contributed by atoms with Gasteiger partial charge < -0.3 is 20.1 Å². The molecule has 2 rings (SSSR count). The molecular weight excluding hydrogens is 267 g/mol. The predicted molar refractivity (Wildman–Crippen MR) is 83.4 cm³/mol. The van der Waals surface area contributed by atoms with Crippen LogP contribution in [0.15, 0.2) is 24.3 Å². The van der Waals surface area contributed by atoms with Gasteiger partial charge in [0.1, 0.15) is 0 Å². The molecule has 0 amide bonds. The van der Waals surface area contributed by atoms with Gasteiger partial charge in [0.2, 0.25) is 0 Å². The van der Waals surface area contributed by atoms with Gasteiger partial charge in [0.25, 0.3) is 0 Å². The zero-order valence-electron chi connectivity index (χ0n) is 13.0. The maximum atomic E-state index is 8.99. The van der Waals surface area contributed by atoms with Crippen molar-refractivity contribution in [1.29, 1.82) is 0 Å². The van der Waals surface area contributed by atoms with Gasteiger partial charge in [0.05, 0.1) is 29.5 Å². The average Bonchev–Trinajstić information content (AvgIpc) is 2.64. The fourth-order valence-corrected chi connectivity index (χ4v) is 1.99. The highest BCUT2D eigenvalue weighted by atomic mass is 16.7. The van der Waals surface area contributed by atoms with E-state index < -0.39 is 6.04 Å². The quantitative estimate of drug-likeness (QED) is 0.826. The summed E-state index contributed by atoms with van der Waals surface area (Å²) in [7, 11) is -0.366. The molecule has 1 aromatic rings. The molecule has 3 N–H and O–H groups in total. The van der Waals surface area contributed by atoms with Crippen LogP contribution in [0, 0.1) is 0 Å². The minimum atomic E-state index is -0.439. The van der Waals surface area contributed by atoms with Crippen molar-refractivity contribution in [2.75, 3.05) is 6.61 Å². The summed E-state index contributed by atoms with van der Waals surface area (Å²) < 4.78 is 11.8. The Bertz CT molecular complexity index is 498. The molecule has 1 atom stereocenters. The Kier molecular flexibility index (Phi) is 4.53. The van der Waals surface area contributed by atoms with Gasteiger partial charge in [-0.05, 0) is 39.3 Å². The molecule has 1 aliphatic heterocycles. The highest BCUT2D eigenvalue weighted by Gasteiger charge is 2.49. The fourth-order valence-electron chi connectivity index (χ4n) is 1.99. The Morgan fingerprint density at radius 3 is 2.38 bits per heavy atom. The van der Waals surface area contributed by atoms with Crippen LogP contribution >= 0.6 is 0 Å². The molecule has 1 fully saturated rings. The van der Waals surface area contributed by atoms with Gasteiger partial charge in [0, 0.05) is 6.20 Å². The Morgan fingerprint density at radius 1 is 1.29 bits per heavy atom. The molecule has 0 aromatic carbocycles. The highest BCUT2D eigenvalue weighted by molar-refractivity contribution is 6.52. The van der Waals surface area contributed by atoms with E-state index in [0.29, 0.717) is 5.69 Å².